The van der Waals surface area contributed by atoms with Gasteiger partial charge in [0.05, 0.1) is 6.54 Å². The molecule has 2 amide bonds. The Morgan fingerprint density at radius 3 is 2.77 bits per heavy atom. The molecule has 22 heavy (non-hydrogen) atoms. The lowest BCUT2D eigenvalue weighted by Crippen LogP contribution is -2.38. The fourth-order valence-electron chi connectivity index (χ4n) is 2.83. The van der Waals surface area contributed by atoms with E-state index < -0.39 is 0 Å². The standard InChI is InChI=1S/C17H22N2O3/c1-12-10-14(12)15-6-4-13(22-15)5-7-16(20)18-11-17(21)19-8-2-3-9-19/h4-7,12,14H,2-3,8-11H2,1H3,(H,18,20)/b7-5+. The Morgan fingerprint density at radius 2 is 2.09 bits per heavy atom. The summed E-state index contributed by atoms with van der Waals surface area (Å²) in [7, 11) is 0. The van der Waals surface area contributed by atoms with Gasteiger partial charge < -0.3 is 14.6 Å². The lowest BCUT2D eigenvalue weighted by atomic mass is 10.3. The van der Waals surface area contributed by atoms with Gasteiger partial charge in [-0.3, -0.25) is 9.59 Å². The molecular weight excluding hydrogens is 280 g/mol. The van der Waals surface area contributed by atoms with Gasteiger partial charge in [0.25, 0.3) is 0 Å². The molecule has 3 rings (SSSR count). The smallest absolute Gasteiger partial charge is 0.244 e. The Labute approximate surface area is 130 Å². The number of hydrogen-bond acceptors (Lipinski definition) is 3. The van der Waals surface area contributed by atoms with E-state index in [1.54, 1.807) is 11.0 Å². The van der Waals surface area contributed by atoms with Crippen molar-refractivity contribution >= 4 is 17.9 Å². The predicted octanol–water partition coefficient (Wildman–Crippen LogP) is 2.15. The molecule has 0 spiro atoms. The normalized spacial score (nSPS) is 24.0. The molecule has 1 aliphatic heterocycles. The molecule has 2 heterocycles. The van der Waals surface area contributed by atoms with Crippen LogP contribution in [0.4, 0.5) is 0 Å². The van der Waals surface area contributed by atoms with Crippen LogP contribution in [-0.4, -0.2) is 36.3 Å². The first-order valence-corrected chi connectivity index (χ1v) is 7.97. The van der Waals surface area contributed by atoms with Gasteiger partial charge in [-0.1, -0.05) is 6.92 Å². The van der Waals surface area contributed by atoms with Crippen molar-refractivity contribution in [1.82, 2.24) is 10.2 Å². The lowest BCUT2D eigenvalue weighted by Gasteiger charge is -2.14. The van der Waals surface area contributed by atoms with Gasteiger partial charge in [-0.05, 0) is 43.4 Å². The van der Waals surface area contributed by atoms with Gasteiger partial charge in [-0.25, -0.2) is 0 Å². The molecule has 2 unspecified atom stereocenters. The Hall–Kier alpha value is -2.04. The van der Waals surface area contributed by atoms with Crippen molar-refractivity contribution in [3.8, 4) is 0 Å². The summed E-state index contributed by atoms with van der Waals surface area (Å²) in [6.07, 6.45) is 6.35. The summed E-state index contributed by atoms with van der Waals surface area (Å²) < 4.78 is 5.69. The fourth-order valence-corrected chi connectivity index (χ4v) is 2.83. The van der Waals surface area contributed by atoms with Crippen molar-refractivity contribution in [2.75, 3.05) is 19.6 Å². The molecule has 1 aliphatic carbocycles. The zero-order valence-corrected chi connectivity index (χ0v) is 12.9. The first-order valence-electron chi connectivity index (χ1n) is 7.97. The van der Waals surface area contributed by atoms with Crippen molar-refractivity contribution < 1.29 is 14.0 Å². The van der Waals surface area contributed by atoms with E-state index in [0.717, 1.165) is 31.7 Å². The van der Waals surface area contributed by atoms with Gasteiger partial charge in [0.1, 0.15) is 11.5 Å². The molecule has 1 aromatic rings. The van der Waals surface area contributed by atoms with Crippen LogP contribution >= 0.6 is 0 Å². The summed E-state index contributed by atoms with van der Waals surface area (Å²) in [6, 6.07) is 3.85. The summed E-state index contributed by atoms with van der Waals surface area (Å²) in [5.74, 6) is 2.62. The Balaban J connectivity index is 1.44. The number of amides is 2. The van der Waals surface area contributed by atoms with Crippen LogP contribution < -0.4 is 5.32 Å². The number of carbonyl (C=O) groups is 2. The highest BCUT2D eigenvalue weighted by molar-refractivity contribution is 5.94. The van der Waals surface area contributed by atoms with Gasteiger partial charge in [0.15, 0.2) is 0 Å². The van der Waals surface area contributed by atoms with E-state index in [1.807, 2.05) is 12.1 Å². The second-order valence-electron chi connectivity index (χ2n) is 6.20. The van der Waals surface area contributed by atoms with Gasteiger partial charge >= 0.3 is 0 Å². The quantitative estimate of drug-likeness (QED) is 0.848. The molecule has 0 bridgehead atoms. The van der Waals surface area contributed by atoms with E-state index in [1.165, 1.54) is 12.5 Å². The minimum atomic E-state index is -0.273. The fraction of sp³-hybridized carbons (Fsp3) is 0.529. The zero-order chi connectivity index (χ0) is 15.5. The summed E-state index contributed by atoms with van der Waals surface area (Å²) >= 11 is 0. The van der Waals surface area contributed by atoms with Crippen LogP contribution in [0.15, 0.2) is 22.6 Å². The topological polar surface area (TPSA) is 62.6 Å². The molecule has 1 saturated heterocycles. The number of hydrogen-bond donors (Lipinski definition) is 1. The van der Waals surface area contributed by atoms with Crippen LogP contribution in [-0.2, 0) is 9.59 Å². The molecule has 118 valence electrons. The van der Waals surface area contributed by atoms with E-state index >= 15 is 0 Å². The summed E-state index contributed by atoms with van der Waals surface area (Å²) in [6.45, 7) is 3.87. The first-order chi connectivity index (χ1) is 10.6. The maximum atomic E-state index is 11.8. The Bertz CT molecular complexity index is 584. The molecule has 5 nitrogen and oxygen atoms in total. The zero-order valence-electron chi connectivity index (χ0n) is 12.9. The van der Waals surface area contributed by atoms with Crippen LogP contribution in [0.3, 0.4) is 0 Å². The third-order valence-corrected chi connectivity index (χ3v) is 4.39. The van der Waals surface area contributed by atoms with Gasteiger partial charge in [-0.2, -0.15) is 0 Å². The van der Waals surface area contributed by atoms with E-state index in [0.29, 0.717) is 17.6 Å². The highest BCUT2D eigenvalue weighted by Crippen LogP contribution is 2.47. The highest BCUT2D eigenvalue weighted by atomic mass is 16.3. The van der Waals surface area contributed by atoms with E-state index in [9.17, 15) is 9.59 Å². The molecule has 5 heteroatoms. The molecule has 2 aliphatic rings. The maximum absolute atomic E-state index is 11.8. The van der Waals surface area contributed by atoms with Gasteiger partial charge in [0.2, 0.25) is 11.8 Å². The Kier molecular flexibility index (Phi) is 4.32. The number of carbonyl (C=O) groups excluding carboxylic acids is 2. The monoisotopic (exact) mass is 302 g/mol. The predicted molar refractivity (Wildman–Crippen MR) is 83.1 cm³/mol. The second-order valence-corrected chi connectivity index (χ2v) is 6.20. The third-order valence-electron chi connectivity index (χ3n) is 4.39. The largest absolute Gasteiger partial charge is 0.461 e. The van der Waals surface area contributed by atoms with Crippen molar-refractivity contribution in [3.05, 3.63) is 29.7 Å². The second kappa shape index (κ2) is 6.38. The number of likely N-dealkylation sites (tertiary alicyclic amines) is 1. The van der Waals surface area contributed by atoms with E-state index in [-0.39, 0.29) is 18.4 Å². The molecule has 0 aromatic carbocycles. The highest BCUT2D eigenvalue weighted by Gasteiger charge is 2.36. The third kappa shape index (κ3) is 3.59. The number of nitrogens with zero attached hydrogens (tertiary/aromatic N) is 1. The Morgan fingerprint density at radius 1 is 1.36 bits per heavy atom. The summed E-state index contributed by atoms with van der Waals surface area (Å²) in [4.78, 5) is 25.3. The SMILES string of the molecule is CC1CC1c1ccc(/C=C/C(=O)NCC(=O)N2CCCC2)o1. The van der Waals surface area contributed by atoms with E-state index in [2.05, 4.69) is 12.2 Å². The van der Waals surface area contributed by atoms with Crippen LogP contribution in [0, 0.1) is 5.92 Å². The molecule has 1 N–H and O–H groups in total. The first kappa shape index (κ1) is 14.9. The van der Waals surface area contributed by atoms with Crippen LogP contribution in [0.1, 0.15) is 43.6 Å². The average molecular weight is 302 g/mol. The van der Waals surface area contributed by atoms with Gasteiger partial charge in [0, 0.05) is 25.1 Å². The van der Waals surface area contributed by atoms with E-state index in [4.69, 9.17) is 4.42 Å². The van der Waals surface area contributed by atoms with Crippen molar-refractivity contribution in [3.63, 3.8) is 0 Å². The molecule has 2 fully saturated rings. The van der Waals surface area contributed by atoms with Crippen LogP contribution in [0.5, 0.6) is 0 Å². The minimum absolute atomic E-state index is 0.0118. The van der Waals surface area contributed by atoms with Crippen LogP contribution in [0.25, 0.3) is 6.08 Å². The number of furan rings is 1. The van der Waals surface area contributed by atoms with Crippen molar-refractivity contribution in [2.45, 2.75) is 32.1 Å². The lowest BCUT2D eigenvalue weighted by molar-refractivity contribution is -0.131. The minimum Gasteiger partial charge on any atom is -0.461 e. The van der Waals surface area contributed by atoms with Crippen LogP contribution in [0.2, 0.25) is 0 Å². The molecule has 2 atom stereocenters. The number of rotatable bonds is 5. The molecular formula is C17H22N2O3. The molecule has 0 radical (unpaired) electrons. The van der Waals surface area contributed by atoms with Crippen molar-refractivity contribution in [1.29, 1.82) is 0 Å². The maximum Gasteiger partial charge on any atom is 0.244 e. The summed E-state index contributed by atoms with van der Waals surface area (Å²) in [5, 5.41) is 2.62. The van der Waals surface area contributed by atoms with Crippen molar-refractivity contribution in [2.24, 2.45) is 5.92 Å². The number of nitrogens with one attached hydrogen (secondary N) is 1. The molecule has 1 aromatic heterocycles. The van der Waals surface area contributed by atoms with Gasteiger partial charge in [-0.15, -0.1) is 0 Å². The summed E-state index contributed by atoms with van der Waals surface area (Å²) in [5.41, 5.74) is 0. The molecule has 1 saturated carbocycles. The average Bonchev–Trinajstić information content (AvgIpc) is 2.98.